The first kappa shape index (κ1) is 18.1. The fourth-order valence-corrected chi connectivity index (χ4v) is 3.08. The van der Waals surface area contributed by atoms with Gasteiger partial charge in [0.15, 0.2) is 0 Å². The van der Waals surface area contributed by atoms with Crippen molar-refractivity contribution in [2.75, 3.05) is 14.2 Å². The van der Waals surface area contributed by atoms with Gasteiger partial charge >= 0.3 is 7.60 Å². The summed E-state index contributed by atoms with van der Waals surface area (Å²) in [5.41, 5.74) is 0.709. The summed E-state index contributed by atoms with van der Waals surface area (Å²) in [5.74, 6) is -0.935. The van der Waals surface area contributed by atoms with Crippen molar-refractivity contribution in [1.82, 2.24) is 5.32 Å². The van der Waals surface area contributed by atoms with Gasteiger partial charge in [-0.25, -0.2) is 4.39 Å². The molecule has 0 bridgehead atoms. The molecule has 24 heavy (non-hydrogen) atoms. The molecule has 0 aliphatic carbocycles. The van der Waals surface area contributed by atoms with Gasteiger partial charge in [0.2, 0.25) is 0 Å². The zero-order valence-corrected chi connectivity index (χ0v) is 14.1. The number of halogens is 1. The van der Waals surface area contributed by atoms with E-state index >= 15 is 0 Å². The Bertz CT molecular complexity index is 784. The van der Waals surface area contributed by atoms with E-state index in [4.69, 9.17) is 9.05 Å². The summed E-state index contributed by atoms with van der Waals surface area (Å²) >= 11 is 0. The first-order valence-electron chi connectivity index (χ1n) is 7.04. The lowest BCUT2D eigenvalue weighted by atomic mass is 10.2. The molecule has 0 saturated carbocycles. The SMILES string of the molecule is COP(=O)(OC)/C(=C/c1cccc(F)c1)NC(=O)c1ccccc1. The molecule has 0 spiro atoms. The fraction of sp³-hybridized carbons (Fsp3) is 0.118. The maximum absolute atomic E-state index is 13.4. The maximum Gasteiger partial charge on any atom is 0.376 e. The number of carbonyl (C=O) groups excluding carboxylic acids is 1. The lowest BCUT2D eigenvalue weighted by Gasteiger charge is -2.18. The van der Waals surface area contributed by atoms with Gasteiger partial charge in [0.25, 0.3) is 5.91 Å². The van der Waals surface area contributed by atoms with Gasteiger partial charge in [-0.3, -0.25) is 9.36 Å². The third-order valence-corrected chi connectivity index (χ3v) is 5.00. The molecule has 0 aliphatic rings. The van der Waals surface area contributed by atoms with Crippen LogP contribution in [0.2, 0.25) is 0 Å². The van der Waals surface area contributed by atoms with E-state index in [-0.39, 0.29) is 5.44 Å². The Morgan fingerprint density at radius 1 is 1.08 bits per heavy atom. The molecule has 2 rings (SSSR count). The van der Waals surface area contributed by atoms with Crippen molar-refractivity contribution in [3.8, 4) is 0 Å². The van der Waals surface area contributed by atoms with Gasteiger partial charge in [0.05, 0.1) is 0 Å². The van der Waals surface area contributed by atoms with Gasteiger partial charge in [0, 0.05) is 19.8 Å². The van der Waals surface area contributed by atoms with Crippen LogP contribution < -0.4 is 5.32 Å². The fourth-order valence-electron chi connectivity index (χ4n) is 1.99. The van der Waals surface area contributed by atoms with Gasteiger partial charge in [-0.1, -0.05) is 30.3 Å². The van der Waals surface area contributed by atoms with Crippen molar-refractivity contribution in [3.05, 3.63) is 77.0 Å². The van der Waals surface area contributed by atoms with E-state index in [9.17, 15) is 13.8 Å². The normalized spacial score (nSPS) is 12.0. The first-order chi connectivity index (χ1) is 11.5. The number of amides is 1. The van der Waals surface area contributed by atoms with Crippen LogP contribution in [0, 0.1) is 5.82 Å². The standard InChI is InChI=1S/C17H17FNO4P/c1-22-24(21,23-2)16(12-13-7-6-10-15(18)11-13)19-17(20)14-8-4-3-5-9-14/h3-12H,1-2H3,(H,19,20)/b16-12+. The Morgan fingerprint density at radius 3 is 2.33 bits per heavy atom. The third kappa shape index (κ3) is 4.38. The van der Waals surface area contributed by atoms with E-state index in [1.54, 1.807) is 36.4 Å². The monoisotopic (exact) mass is 349 g/mol. The summed E-state index contributed by atoms with van der Waals surface area (Å²) in [6.07, 6.45) is 1.36. The first-order valence-corrected chi connectivity index (χ1v) is 8.58. The molecule has 0 unspecified atom stereocenters. The highest BCUT2D eigenvalue weighted by Gasteiger charge is 2.29. The van der Waals surface area contributed by atoms with Crippen molar-refractivity contribution in [2.24, 2.45) is 0 Å². The maximum atomic E-state index is 13.4. The largest absolute Gasteiger partial charge is 0.376 e. The second-order valence-corrected chi connectivity index (χ2v) is 6.97. The van der Waals surface area contributed by atoms with Gasteiger partial charge < -0.3 is 14.4 Å². The van der Waals surface area contributed by atoms with Crippen LogP contribution in [0.5, 0.6) is 0 Å². The van der Waals surface area contributed by atoms with Crippen LogP contribution in [0.25, 0.3) is 6.08 Å². The second-order valence-electron chi connectivity index (χ2n) is 4.77. The predicted octanol–water partition coefficient (Wildman–Crippen LogP) is 4.04. The van der Waals surface area contributed by atoms with Crippen LogP contribution in [0.1, 0.15) is 15.9 Å². The van der Waals surface area contributed by atoms with E-state index in [0.717, 1.165) is 0 Å². The van der Waals surface area contributed by atoms with E-state index in [1.807, 2.05) is 0 Å². The summed E-state index contributed by atoms with van der Waals surface area (Å²) < 4.78 is 35.9. The lowest BCUT2D eigenvalue weighted by Crippen LogP contribution is -2.23. The highest BCUT2D eigenvalue weighted by Crippen LogP contribution is 2.54. The second kappa shape index (κ2) is 8.02. The van der Waals surface area contributed by atoms with Crippen molar-refractivity contribution in [2.45, 2.75) is 0 Å². The Labute approximate surface area is 139 Å². The van der Waals surface area contributed by atoms with E-state index < -0.39 is 19.3 Å². The summed E-state index contributed by atoms with van der Waals surface area (Å²) in [6.45, 7) is 0. The summed E-state index contributed by atoms with van der Waals surface area (Å²) in [5, 5.41) is 2.53. The Kier molecular flexibility index (Phi) is 6.04. The van der Waals surface area contributed by atoms with E-state index in [0.29, 0.717) is 11.1 Å². The minimum absolute atomic E-state index is 0.0769. The van der Waals surface area contributed by atoms with E-state index in [1.165, 1.54) is 38.5 Å². The van der Waals surface area contributed by atoms with Crippen LogP contribution >= 0.6 is 7.60 Å². The number of carbonyl (C=O) groups is 1. The molecule has 0 aromatic heterocycles. The highest BCUT2D eigenvalue weighted by atomic mass is 31.2. The zero-order chi connectivity index (χ0) is 17.6. The molecular weight excluding hydrogens is 332 g/mol. The van der Waals surface area contributed by atoms with Crippen LogP contribution in [0.15, 0.2) is 60.0 Å². The molecule has 0 saturated heterocycles. The highest BCUT2D eigenvalue weighted by molar-refractivity contribution is 7.58. The average Bonchev–Trinajstić information content (AvgIpc) is 2.61. The Hall–Kier alpha value is -2.27. The molecule has 0 atom stereocenters. The Morgan fingerprint density at radius 2 is 1.75 bits per heavy atom. The average molecular weight is 349 g/mol. The van der Waals surface area contributed by atoms with Gasteiger partial charge in [0.1, 0.15) is 11.3 Å². The van der Waals surface area contributed by atoms with Crippen LogP contribution in [0.4, 0.5) is 4.39 Å². The topological polar surface area (TPSA) is 64.6 Å². The molecule has 0 heterocycles. The molecule has 2 aromatic carbocycles. The Balaban J connectivity index is 2.40. The van der Waals surface area contributed by atoms with Crippen LogP contribution in [-0.4, -0.2) is 20.1 Å². The van der Waals surface area contributed by atoms with Crippen LogP contribution in [0.3, 0.4) is 0 Å². The molecule has 0 fully saturated rings. The molecule has 7 heteroatoms. The predicted molar refractivity (Wildman–Crippen MR) is 89.9 cm³/mol. The van der Waals surface area contributed by atoms with Crippen molar-refractivity contribution in [3.63, 3.8) is 0 Å². The number of hydrogen-bond donors (Lipinski definition) is 1. The third-order valence-electron chi connectivity index (χ3n) is 3.21. The molecular formula is C17H17FNO4P. The molecule has 1 amide bonds. The van der Waals surface area contributed by atoms with Crippen molar-refractivity contribution < 1.29 is 22.8 Å². The zero-order valence-electron chi connectivity index (χ0n) is 13.2. The summed E-state index contributed by atoms with van der Waals surface area (Å²) in [4.78, 5) is 12.3. The summed E-state index contributed by atoms with van der Waals surface area (Å²) in [7, 11) is -1.33. The molecule has 126 valence electrons. The molecule has 0 aliphatic heterocycles. The summed E-state index contributed by atoms with van der Waals surface area (Å²) in [6, 6.07) is 14.0. The van der Waals surface area contributed by atoms with Crippen molar-refractivity contribution >= 4 is 19.6 Å². The number of hydrogen-bond acceptors (Lipinski definition) is 4. The molecule has 2 aromatic rings. The van der Waals surface area contributed by atoms with Gasteiger partial charge in [-0.15, -0.1) is 0 Å². The smallest absolute Gasteiger partial charge is 0.315 e. The minimum atomic E-state index is -3.74. The number of benzene rings is 2. The minimum Gasteiger partial charge on any atom is -0.315 e. The van der Waals surface area contributed by atoms with Crippen molar-refractivity contribution in [1.29, 1.82) is 0 Å². The molecule has 5 nitrogen and oxygen atoms in total. The molecule has 0 radical (unpaired) electrons. The van der Waals surface area contributed by atoms with E-state index in [2.05, 4.69) is 5.32 Å². The van der Waals surface area contributed by atoms with Crippen LogP contribution in [-0.2, 0) is 13.6 Å². The quantitative estimate of drug-likeness (QED) is 0.800. The molecule has 1 N–H and O–H groups in total. The number of rotatable bonds is 6. The number of nitrogens with one attached hydrogen (secondary N) is 1. The lowest BCUT2D eigenvalue weighted by molar-refractivity contribution is 0.0966. The van der Waals surface area contributed by atoms with Gasteiger partial charge in [-0.05, 0) is 35.9 Å². The van der Waals surface area contributed by atoms with Gasteiger partial charge in [-0.2, -0.15) is 0 Å².